The molecular formula is C11H17ClN4O. The van der Waals surface area contributed by atoms with Crippen molar-refractivity contribution < 1.29 is 4.74 Å². The Labute approximate surface area is 106 Å². The first kappa shape index (κ1) is 12.4. The molecule has 0 aliphatic carbocycles. The SMILES string of the molecule is Cc1nc(Cl)nc(NC2CCOC(C)C2)c1N. The first-order chi connectivity index (χ1) is 8.06. The van der Waals surface area contributed by atoms with Crippen LogP contribution in [0.2, 0.25) is 5.28 Å². The molecule has 0 saturated carbocycles. The molecule has 2 unspecified atom stereocenters. The van der Waals surface area contributed by atoms with Crippen molar-refractivity contribution in [3.8, 4) is 0 Å². The monoisotopic (exact) mass is 256 g/mol. The number of ether oxygens (including phenoxy) is 1. The van der Waals surface area contributed by atoms with Gasteiger partial charge in [-0.1, -0.05) is 0 Å². The molecule has 0 aromatic carbocycles. The number of nitrogens with two attached hydrogens (primary N) is 1. The Hall–Kier alpha value is -1.07. The Kier molecular flexibility index (Phi) is 3.69. The van der Waals surface area contributed by atoms with Gasteiger partial charge in [-0.3, -0.25) is 0 Å². The summed E-state index contributed by atoms with van der Waals surface area (Å²) in [7, 11) is 0. The van der Waals surface area contributed by atoms with Crippen molar-refractivity contribution in [1.29, 1.82) is 0 Å². The van der Waals surface area contributed by atoms with Crippen molar-refractivity contribution in [2.24, 2.45) is 0 Å². The van der Waals surface area contributed by atoms with Crippen LogP contribution in [0.4, 0.5) is 11.5 Å². The van der Waals surface area contributed by atoms with Crippen LogP contribution in [0, 0.1) is 6.92 Å². The van der Waals surface area contributed by atoms with E-state index in [9.17, 15) is 0 Å². The predicted molar refractivity (Wildman–Crippen MR) is 68.3 cm³/mol. The summed E-state index contributed by atoms with van der Waals surface area (Å²) < 4.78 is 5.49. The van der Waals surface area contributed by atoms with Crippen molar-refractivity contribution in [3.05, 3.63) is 11.0 Å². The van der Waals surface area contributed by atoms with Crippen molar-refractivity contribution >= 4 is 23.1 Å². The highest BCUT2D eigenvalue weighted by molar-refractivity contribution is 6.28. The van der Waals surface area contributed by atoms with Gasteiger partial charge in [-0.2, -0.15) is 4.98 Å². The van der Waals surface area contributed by atoms with Gasteiger partial charge in [0.2, 0.25) is 5.28 Å². The van der Waals surface area contributed by atoms with E-state index in [0.29, 0.717) is 23.2 Å². The van der Waals surface area contributed by atoms with E-state index in [-0.39, 0.29) is 11.4 Å². The lowest BCUT2D eigenvalue weighted by Gasteiger charge is -2.28. The number of aromatic nitrogens is 2. The zero-order valence-electron chi connectivity index (χ0n) is 10.0. The van der Waals surface area contributed by atoms with E-state index in [0.717, 1.165) is 19.4 Å². The number of nitrogens with zero attached hydrogens (tertiary/aromatic N) is 2. The zero-order chi connectivity index (χ0) is 12.4. The lowest BCUT2D eigenvalue weighted by atomic mass is 10.0. The number of rotatable bonds is 2. The molecule has 1 aromatic rings. The van der Waals surface area contributed by atoms with E-state index in [4.69, 9.17) is 22.1 Å². The van der Waals surface area contributed by atoms with Crippen LogP contribution in [-0.2, 0) is 4.74 Å². The van der Waals surface area contributed by atoms with Crippen molar-refractivity contribution in [2.75, 3.05) is 17.7 Å². The number of nitrogen functional groups attached to an aromatic ring is 1. The van der Waals surface area contributed by atoms with E-state index < -0.39 is 0 Å². The predicted octanol–water partition coefficient (Wildman–Crippen LogP) is 2.00. The number of hydrogen-bond acceptors (Lipinski definition) is 5. The normalized spacial score (nSPS) is 24.6. The molecule has 1 aromatic heterocycles. The van der Waals surface area contributed by atoms with Gasteiger partial charge in [0.05, 0.1) is 17.5 Å². The molecule has 3 N–H and O–H groups in total. The standard InChI is InChI=1S/C11H17ClN4O/c1-6-5-8(3-4-17-6)15-10-9(13)7(2)14-11(12)16-10/h6,8H,3-5,13H2,1-2H3,(H,14,15,16). The van der Waals surface area contributed by atoms with Crippen LogP contribution in [0.25, 0.3) is 0 Å². The molecule has 1 aliphatic heterocycles. The third-order valence-corrected chi connectivity index (χ3v) is 3.10. The van der Waals surface area contributed by atoms with Gasteiger partial charge in [-0.15, -0.1) is 0 Å². The summed E-state index contributed by atoms with van der Waals surface area (Å²) in [5, 5.41) is 3.54. The molecule has 0 amide bonds. The Morgan fingerprint density at radius 1 is 1.47 bits per heavy atom. The average molecular weight is 257 g/mol. The molecule has 5 nitrogen and oxygen atoms in total. The Morgan fingerprint density at radius 2 is 2.24 bits per heavy atom. The minimum atomic E-state index is 0.222. The summed E-state index contributed by atoms with van der Waals surface area (Å²) in [6.45, 7) is 4.65. The van der Waals surface area contributed by atoms with Gasteiger partial charge < -0.3 is 15.8 Å². The van der Waals surface area contributed by atoms with Gasteiger partial charge in [0, 0.05) is 12.6 Å². The first-order valence-electron chi connectivity index (χ1n) is 5.74. The fourth-order valence-corrected chi connectivity index (χ4v) is 2.19. The summed E-state index contributed by atoms with van der Waals surface area (Å²) in [5.41, 5.74) is 7.19. The highest BCUT2D eigenvalue weighted by Gasteiger charge is 2.20. The molecule has 1 aliphatic rings. The van der Waals surface area contributed by atoms with E-state index >= 15 is 0 Å². The van der Waals surface area contributed by atoms with Crippen LogP contribution in [0.3, 0.4) is 0 Å². The van der Waals surface area contributed by atoms with Gasteiger partial charge in [0.15, 0.2) is 5.82 Å². The number of hydrogen-bond donors (Lipinski definition) is 2. The molecule has 6 heteroatoms. The van der Waals surface area contributed by atoms with Gasteiger partial charge in [0.1, 0.15) is 0 Å². The number of aryl methyl sites for hydroxylation is 1. The molecule has 1 fully saturated rings. The minimum absolute atomic E-state index is 0.222. The maximum atomic E-state index is 5.93. The maximum Gasteiger partial charge on any atom is 0.224 e. The molecule has 0 spiro atoms. The smallest absolute Gasteiger partial charge is 0.224 e. The highest BCUT2D eigenvalue weighted by atomic mass is 35.5. The van der Waals surface area contributed by atoms with E-state index in [1.807, 2.05) is 6.92 Å². The summed E-state index contributed by atoms with van der Waals surface area (Å²) in [4.78, 5) is 8.14. The van der Waals surface area contributed by atoms with Crippen LogP contribution in [0.15, 0.2) is 0 Å². The molecule has 2 rings (SSSR count). The quantitative estimate of drug-likeness (QED) is 0.792. The van der Waals surface area contributed by atoms with Gasteiger partial charge in [0.25, 0.3) is 0 Å². The van der Waals surface area contributed by atoms with Crippen molar-refractivity contribution in [1.82, 2.24) is 9.97 Å². The molecule has 1 saturated heterocycles. The summed E-state index contributed by atoms with van der Waals surface area (Å²) in [5.74, 6) is 0.626. The number of nitrogens with one attached hydrogen (secondary N) is 1. The topological polar surface area (TPSA) is 73.1 Å². The van der Waals surface area contributed by atoms with Crippen molar-refractivity contribution in [2.45, 2.75) is 38.8 Å². The molecule has 2 atom stereocenters. The third kappa shape index (κ3) is 2.98. The fraction of sp³-hybridized carbons (Fsp3) is 0.636. The summed E-state index contributed by atoms with van der Waals surface area (Å²) in [6, 6.07) is 0.325. The second kappa shape index (κ2) is 5.06. The first-order valence-corrected chi connectivity index (χ1v) is 6.12. The second-order valence-electron chi connectivity index (χ2n) is 4.39. The van der Waals surface area contributed by atoms with Gasteiger partial charge in [-0.05, 0) is 38.3 Å². The summed E-state index contributed by atoms with van der Waals surface area (Å²) in [6.07, 6.45) is 2.16. The average Bonchev–Trinajstić information content (AvgIpc) is 2.25. The van der Waals surface area contributed by atoms with E-state index in [1.54, 1.807) is 0 Å². The fourth-order valence-electron chi connectivity index (χ4n) is 1.98. The molecule has 94 valence electrons. The summed E-state index contributed by atoms with van der Waals surface area (Å²) >= 11 is 5.83. The molecule has 0 bridgehead atoms. The lowest BCUT2D eigenvalue weighted by molar-refractivity contribution is 0.0232. The minimum Gasteiger partial charge on any atom is -0.394 e. The number of anilines is 2. The van der Waals surface area contributed by atoms with Crippen LogP contribution >= 0.6 is 11.6 Å². The van der Waals surface area contributed by atoms with Crippen LogP contribution in [0.5, 0.6) is 0 Å². The molecule has 17 heavy (non-hydrogen) atoms. The lowest BCUT2D eigenvalue weighted by Crippen LogP contribution is -2.33. The van der Waals surface area contributed by atoms with E-state index in [2.05, 4.69) is 22.2 Å². The largest absolute Gasteiger partial charge is 0.394 e. The maximum absolute atomic E-state index is 5.93. The van der Waals surface area contributed by atoms with Crippen LogP contribution in [0.1, 0.15) is 25.5 Å². The Bertz CT molecular complexity index is 413. The van der Waals surface area contributed by atoms with Gasteiger partial charge in [-0.25, -0.2) is 4.98 Å². The molecule has 0 radical (unpaired) electrons. The van der Waals surface area contributed by atoms with E-state index in [1.165, 1.54) is 0 Å². The van der Waals surface area contributed by atoms with Crippen LogP contribution < -0.4 is 11.1 Å². The molecular weight excluding hydrogens is 240 g/mol. The second-order valence-corrected chi connectivity index (χ2v) is 4.73. The Balaban J connectivity index is 2.12. The van der Waals surface area contributed by atoms with Crippen LogP contribution in [-0.4, -0.2) is 28.7 Å². The van der Waals surface area contributed by atoms with Gasteiger partial charge >= 0.3 is 0 Å². The van der Waals surface area contributed by atoms with Crippen molar-refractivity contribution in [3.63, 3.8) is 0 Å². The molecule has 2 heterocycles. The zero-order valence-corrected chi connectivity index (χ0v) is 10.8. The third-order valence-electron chi connectivity index (χ3n) is 2.93. The Morgan fingerprint density at radius 3 is 2.94 bits per heavy atom. The number of halogens is 1. The highest BCUT2D eigenvalue weighted by Crippen LogP contribution is 2.24.